The van der Waals surface area contributed by atoms with Crippen molar-refractivity contribution >= 4 is 11.6 Å². The largest absolute Gasteiger partial charge is 0.378 e. The van der Waals surface area contributed by atoms with Gasteiger partial charge >= 0.3 is 0 Å². The minimum Gasteiger partial charge on any atom is -0.378 e. The molecule has 8 nitrogen and oxygen atoms in total. The fourth-order valence-electron chi connectivity index (χ4n) is 3.49. The number of ether oxygens (including phenoxy) is 1. The van der Waals surface area contributed by atoms with Crippen LogP contribution in [0.3, 0.4) is 0 Å². The number of carbonyl (C=O) groups excluding carboxylic acids is 1. The molecule has 3 aromatic rings. The molecule has 29 heavy (non-hydrogen) atoms. The Kier molecular flexibility index (Phi) is 5.90. The maximum absolute atomic E-state index is 11.4. The van der Waals surface area contributed by atoms with Gasteiger partial charge in [-0.05, 0) is 30.7 Å². The lowest BCUT2D eigenvalue weighted by molar-refractivity contribution is -0.120. The zero-order valence-corrected chi connectivity index (χ0v) is 16.6. The molecule has 1 saturated heterocycles. The highest BCUT2D eigenvalue weighted by molar-refractivity contribution is 5.75. The molecule has 1 aromatic carbocycles. The Balaban J connectivity index is 1.46. The maximum Gasteiger partial charge on any atom is 0.219 e. The first-order chi connectivity index (χ1) is 14.2. The fourth-order valence-corrected chi connectivity index (χ4v) is 3.49. The minimum atomic E-state index is 0.0507. The van der Waals surface area contributed by atoms with Gasteiger partial charge in [-0.15, -0.1) is 0 Å². The van der Waals surface area contributed by atoms with Gasteiger partial charge in [-0.25, -0.2) is 4.98 Å². The van der Waals surface area contributed by atoms with E-state index in [0.717, 1.165) is 49.8 Å². The van der Waals surface area contributed by atoms with Gasteiger partial charge in [-0.1, -0.05) is 0 Å². The van der Waals surface area contributed by atoms with Crippen molar-refractivity contribution in [3.8, 4) is 17.1 Å². The fraction of sp³-hybridized carbons (Fsp3) is 0.381. The minimum absolute atomic E-state index is 0.0507. The number of imidazole rings is 1. The van der Waals surface area contributed by atoms with Crippen molar-refractivity contribution in [1.82, 2.24) is 24.6 Å². The highest BCUT2D eigenvalue weighted by Gasteiger charge is 2.13. The van der Waals surface area contributed by atoms with Crippen LogP contribution in [0.5, 0.6) is 0 Å². The average molecular weight is 394 g/mol. The van der Waals surface area contributed by atoms with Crippen molar-refractivity contribution in [2.24, 2.45) is 0 Å². The molecule has 0 atom stereocenters. The van der Waals surface area contributed by atoms with E-state index in [2.05, 4.69) is 44.6 Å². The van der Waals surface area contributed by atoms with Crippen LogP contribution in [0.4, 0.5) is 5.69 Å². The molecule has 1 fully saturated rings. The third kappa shape index (κ3) is 4.48. The third-order valence-corrected chi connectivity index (χ3v) is 5.11. The Bertz CT molecular complexity index is 940. The van der Waals surface area contributed by atoms with Gasteiger partial charge in [0.05, 0.1) is 25.1 Å². The molecule has 0 spiro atoms. The van der Waals surface area contributed by atoms with E-state index >= 15 is 0 Å². The predicted octanol–water partition coefficient (Wildman–Crippen LogP) is 2.10. The zero-order chi connectivity index (χ0) is 20.1. The van der Waals surface area contributed by atoms with Crippen LogP contribution in [0.25, 0.3) is 17.1 Å². The number of morpholine rings is 1. The van der Waals surface area contributed by atoms with Crippen LogP contribution in [0.2, 0.25) is 0 Å². The topological polar surface area (TPSA) is 77.2 Å². The molecule has 0 radical (unpaired) electrons. The summed E-state index contributed by atoms with van der Waals surface area (Å²) in [5.74, 6) is 0.929. The molecule has 2 aromatic heterocycles. The van der Waals surface area contributed by atoms with E-state index in [9.17, 15) is 4.79 Å². The molecular formula is C21H26N6O2. The van der Waals surface area contributed by atoms with E-state index in [4.69, 9.17) is 4.74 Å². The lowest BCUT2D eigenvalue weighted by atomic mass is 10.1. The Hall–Kier alpha value is -3.13. The molecule has 8 heteroatoms. The van der Waals surface area contributed by atoms with Gasteiger partial charge < -0.3 is 15.0 Å². The van der Waals surface area contributed by atoms with Gasteiger partial charge in [0, 0.05) is 62.9 Å². The number of rotatable bonds is 7. The number of hydrogen-bond acceptors (Lipinski definition) is 5. The number of hydrogen-bond donors (Lipinski definition) is 1. The molecule has 4 rings (SSSR count). The van der Waals surface area contributed by atoms with Gasteiger partial charge in [0.25, 0.3) is 0 Å². The second kappa shape index (κ2) is 8.91. The van der Waals surface area contributed by atoms with Crippen LogP contribution in [-0.4, -0.2) is 58.6 Å². The van der Waals surface area contributed by atoms with Gasteiger partial charge in [0.2, 0.25) is 5.91 Å². The van der Waals surface area contributed by atoms with Crippen LogP contribution in [0.15, 0.2) is 49.1 Å². The first-order valence-corrected chi connectivity index (χ1v) is 9.94. The van der Waals surface area contributed by atoms with E-state index < -0.39 is 0 Å². The number of nitrogens with zero attached hydrogens (tertiary/aromatic N) is 5. The number of amides is 1. The van der Waals surface area contributed by atoms with Crippen molar-refractivity contribution in [2.45, 2.75) is 19.4 Å². The molecule has 152 valence electrons. The number of aromatic nitrogens is 4. The Morgan fingerprint density at radius 3 is 2.72 bits per heavy atom. The second-order valence-electron chi connectivity index (χ2n) is 7.01. The van der Waals surface area contributed by atoms with E-state index in [1.165, 1.54) is 5.69 Å². The van der Waals surface area contributed by atoms with E-state index in [0.29, 0.717) is 13.0 Å². The molecule has 1 N–H and O–H groups in total. The van der Waals surface area contributed by atoms with E-state index in [1.54, 1.807) is 13.2 Å². The van der Waals surface area contributed by atoms with Gasteiger partial charge in [-0.3, -0.25) is 14.0 Å². The lowest BCUT2D eigenvalue weighted by Gasteiger charge is -2.28. The van der Waals surface area contributed by atoms with Crippen molar-refractivity contribution < 1.29 is 9.53 Å². The summed E-state index contributed by atoms with van der Waals surface area (Å²) in [6.07, 6.45) is 8.80. The molecule has 0 saturated carbocycles. The van der Waals surface area contributed by atoms with Crippen molar-refractivity contribution in [2.75, 3.05) is 38.3 Å². The van der Waals surface area contributed by atoms with Crippen LogP contribution in [0, 0.1) is 0 Å². The standard InChI is InChI=1S/C21H26N6O2/c1-22-20(28)3-2-9-26-16-19(15-24-26)27-10-8-23-21(27)17-4-6-18(7-5-17)25-11-13-29-14-12-25/h4-8,10,15-16H,2-3,9,11-14H2,1H3,(H,22,28). The lowest BCUT2D eigenvalue weighted by Crippen LogP contribution is -2.36. The number of benzene rings is 1. The summed E-state index contributed by atoms with van der Waals surface area (Å²) in [4.78, 5) is 18.2. The Labute approximate surface area is 170 Å². The second-order valence-corrected chi connectivity index (χ2v) is 7.01. The summed E-state index contributed by atoms with van der Waals surface area (Å²) in [7, 11) is 1.66. The highest BCUT2D eigenvalue weighted by Crippen LogP contribution is 2.25. The molecule has 1 aliphatic heterocycles. The molecule has 1 aliphatic rings. The molecule has 3 heterocycles. The summed E-state index contributed by atoms with van der Waals surface area (Å²) < 4.78 is 9.33. The summed E-state index contributed by atoms with van der Waals surface area (Å²) in [5, 5.41) is 7.06. The number of aryl methyl sites for hydroxylation is 1. The van der Waals surface area contributed by atoms with E-state index in [-0.39, 0.29) is 5.91 Å². The van der Waals surface area contributed by atoms with Gasteiger partial charge in [-0.2, -0.15) is 5.10 Å². The molecule has 1 amide bonds. The maximum atomic E-state index is 11.4. The number of carbonyl (C=O) groups is 1. The first-order valence-electron chi connectivity index (χ1n) is 9.94. The summed E-state index contributed by atoms with van der Waals surface area (Å²) in [6.45, 7) is 4.10. The monoisotopic (exact) mass is 394 g/mol. The summed E-state index contributed by atoms with van der Waals surface area (Å²) in [6, 6.07) is 8.50. The smallest absolute Gasteiger partial charge is 0.219 e. The SMILES string of the molecule is CNC(=O)CCCn1cc(-n2ccnc2-c2ccc(N3CCOCC3)cc2)cn1. The Morgan fingerprint density at radius 1 is 1.17 bits per heavy atom. The van der Waals surface area contributed by atoms with Gasteiger partial charge in [0.15, 0.2) is 0 Å². The van der Waals surface area contributed by atoms with E-state index in [1.807, 2.05) is 27.8 Å². The number of nitrogens with one attached hydrogen (secondary N) is 1. The average Bonchev–Trinajstić information content (AvgIpc) is 3.44. The third-order valence-electron chi connectivity index (χ3n) is 5.11. The predicted molar refractivity (Wildman–Crippen MR) is 111 cm³/mol. The highest BCUT2D eigenvalue weighted by atomic mass is 16.5. The molecule has 0 bridgehead atoms. The molecular weight excluding hydrogens is 368 g/mol. The molecule has 0 unspecified atom stereocenters. The Morgan fingerprint density at radius 2 is 1.97 bits per heavy atom. The van der Waals surface area contributed by atoms with Crippen molar-refractivity contribution in [1.29, 1.82) is 0 Å². The summed E-state index contributed by atoms with van der Waals surface area (Å²) >= 11 is 0. The van der Waals surface area contributed by atoms with Crippen molar-refractivity contribution in [3.63, 3.8) is 0 Å². The van der Waals surface area contributed by atoms with Crippen LogP contribution < -0.4 is 10.2 Å². The molecule has 0 aliphatic carbocycles. The summed E-state index contributed by atoms with van der Waals surface area (Å²) in [5.41, 5.74) is 3.22. The number of anilines is 1. The first kappa shape index (κ1) is 19.2. The van der Waals surface area contributed by atoms with Crippen LogP contribution in [-0.2, 0) is 16.1 Å². The zero-order valence-electron chi connectivity index (χ0n) is 16.6. The van der Waals surface area contributed by atoms with Crippen LogP contribution in [0.1, 0.15) is 12.8 Å². The van der Waals surface area contributed by atoms with Crippen LogP contribution >= 0.6 is 0 Å². The quantitative estimate of drug-likeness (QED) is 0.664. The van der Waals surface area contributed by atoms with Crippen molar-refractivity contribution in [3.05, 3.63) is 49.1 Å². The normalized spacial score (nSPS) is 14.2. The van der Waals surface area contributed by atoms with Gasteiger partial charge in [0.1, 0.15) is 5.82 Å².